The number of nitrogens with one attached hydrogen (secondary N) is 2. The smallest absolute Gasteiger partial charge is 0.309 e. The average molecular weight is 499 g/mol. The third-order valence-electron chi connectivity index (χ3n) is 6.75. The average Bonchev–Trinajstić information content (AvgIpc) is 3.33. The first kappa shape index (κ1) is 29.3. The van der Waals surface area contributed by atoms with Gasteiger partial charge in [-0.2, -0.15) is 0 Å². The van der Waals surface area contributed by atoms with Crippen LogP contribution in [0.2, 0.25) is 0 Å². The molecular formula is C29H42N2O5. The van der Waals surface area contributed by atoms with Crippen molar-refractivity contribution < 1.29 is 24.2 Å². The molecule has 1 saturated carbocycles. The number of carbonyl (C=O) groups excluding carboxylic acids is 3. The molecule has 1 fully saturated rings. The van der Waals surface area contributed by atoms with Crippen LogP contribution in [-0.4, -0.2) is 47.7 Å². The van der Waals surface area contributed by atoms with Crippen molar-refractivity contribution in [2.75, 3.05) is 13.2 Å². The maximum absolute atomic E-state index is 13.2. The number of hydrogen-bond donors (Lipinski definition) is 3. The summed E-state index contributed by atoms with van der Waals surface area (Å²) in [5, 5.41) is 15.0. The molecule has 7 nitrogen and oxygen atoms in total. The Kier molecular flexibility index (Phi) is 12.4. The minimum Gasteiger partial charge on any atom is -0.463 e. The van der Waals surface area contributed by atoms with E-state index in [-0.39, 0.29) is 49.4 Å². The molecule has 7 heteroatoms. The Bertz CT molecular complexity index is 864. The minimum absolute atomic E-state index is 0.00123. The molecular weight excluding hydrogens is 456 g/mol. The zero-order valence-corrected chi connectivity index (χ0v) is 21.5. The fourth-order valence-corrected chi connectivity index (χ4v) is 4.66. The minimum atomic E-state index is -0.628. The summed E-state index contributed by atoms with van der Waals surface area (Å²) in [7, 11) is 0. The van der Waals surface area contributed by atoms with E-state index in [1.54, 1.807) is 19.1 Å². The maximum atomic E-state index is 13.2. The molecule has 1 aliphatic rings. The van der Waals surface area contributed by atoms with E-state index in [2.05, 4.69) is 23.8 Å². The molecule has 3 atom stereocenters. The molecule has 36 heavy (non-hydrogen) atoms. The van der Waals surface area contributed by atoms with Gasteiger partial charge in [-0.3, -0.25) is 14.4 Å². The van der Waals surface area contributed by atoms with Crippen molar-refractivity contribution in [1.29, 1.82) is 0 Å². The van der Waals surface area contributed by atoms with Gasteiger partial charge in [-0.05, 0) is 51.0 Å². The number of allylic oxidation sites excluding steroid dienone is 2. The number of hydrogen-bond acceptors (Lipinski definition) is 5. The first-order chi connectivity index (χ1) is 17.3. The lowest BCUT2D eigenvalue weighted by molar-refractivity contribution is -0.152. The lowest BCUT2D eigenvalue weighted by Crippen LogP contribution is -2.52. The fourth-order valence-electron chi connectivity index (χ4n) is 4.66. The van der Waals surface area contributed by atoms with Gasteiger partial charge in [0.15, 0.2) is 0 Å². The highest BCUT2D eigenvalue weighted by Gasteiger charge is 2.39. The topological polar surface area (TPSA) is 105 Å². The Morgan fingerprint density at radius 3 is 2.42 bits per heavy atom. The first-order valence-electron chi connectivity index (χ1n) is 13.0. The van der Waals surface area contributed by atoms with Crippen molar-refractivity contribution in [2.24, 2.45) is 11.8 Å². The summed E-state index contributed by atoms with van der Waals surface area (Å²) >= 11 is 0. The van der Waals surface area contributed by atoms with Crippen molar-refractivity contribution in [1.82, 2.24) is 10.6 Å². The number of amides is 2. The van der Waals surface area contributed by atoms with Crippen LogP contribution in [0.4, 0.5) is 0 Å². The maximum Gasteiger partial charge on any atom is 0.309 e. The molecule has 198 valence electrons. The summed E-state index contributed by atoms with van der Waals surface area (Å²) in [4.78, 5) is 38.6. The summed E-state index contributed by atoms with van der Waals surface area (Å²) in [5.74, 6) is -1.67. The highest BCUT2D eigenvalue weighted by molar-refractivity contribution is 5.86. The summed E-state index contributed by atoms with van der Waals surface area (Å²) in [6.45, 7) is 9.15. The number of carbonyl (C=O) groups is 3. The second kappa shape index (κ2) is 15.2. The molecule has 2 rings (SSSR count). The number of benzene rings is 1. The van der Waals surface area contributed by atoms with Gasteiger partial charge in [0.25, 0.3) is 0 Å². The highest BCUT2D eigenvalue weighted by Crippen LogP contribution is 2.31. The van der Waals surface area contributed by atoms with Crippen molar-refractivity contribution >= 4 is 17.8 Å². The van der Waals surface area contributed by atoms with Crippen LogP contribution in [-0.2, 0) is 25.5 Å². The quantitative estimate of drug-likeness (QED) is 0.237. The van der Waals surface area contributed by atoms with Crippen LogP contribution in [0.3, 0.4) is 0 Å². The van der Waals surface area contributed by atoms with Gasteiger partial charge in [0.2, 0.25) is 11.8 Å². The Labute approximate surface area is 215 Å². The predicted molar refractivity (Wildman–Crippen MR) is 141 cm³/mol. The standard InChI is InChI=1S/C29H42N2O5/c1-4-6-15-25(18-23-13-8-7-9-14-23)28(35)36-21-29(16-10-11-17-29)31-27(34)24(12-5-2)19-26(33)30-22(3)20-32/h4-5,7-9,13-14,22,24-25,32H,1-2,6,10-12,15-21H2,3H3,(H,30,33)(H,31,34). The van der Waals surface area contributed by atoms with E-state index in [1.165, 1.54) is 0 Å². The summed E-state index contributed by atoms with van der Waals surface area (Å²) in [5.41, 5.74) is 0.449. The van der Waals surface area contributed by atoms with Gasteiger partial charge in [-0.15, -0.1) is 13.2 Å². The Balaban J connectivity index is 2.03. The summed E-state index contributed by atoms with van der Waals surface area (Å²) < 4.78 is 5.83. The van der Waals surface area contributed by atoms with Gasteiger partial charge >= 0.3 is 5.97 Å². The highest BCUT2D eigenvalue weighted by atomic mass is 16.5. The lowest BCUT2D eigenvalue weighted by atomic mass is 9.93. The molecule has 0 aromatic heterocycles. The van der Waals surface area contributed by atoms with E-state index in [0.717, 1.165) is 31.2 Å². The molecule has 3 unspecified atom stereocenters. The number of ether oxygens (including phenoxy) is 1. The lowest BCUT2D eigenvalue weighted by Gasteiger charge is -2.32. The van der Waals surface area contributed by atoms with Crippen LogP contribution < -0.4 is 10.6 Å². The molecule has 0 spiro atoms. The molecule has 0 heterocycles. The fraction of sp³-hybridized carbons (Fsp3) is 0.552. The Hall–Kier alpha value is -2.93. The van der Waals surface area contributed by atoms with Gasteiger partial charge in [0.05, 0.1) is 24.0 Å². The number of aliphatic hydroxyl groups excluding tert-OH is 1. The summed E-state index contributed by atoms with van der Waals surface area (Å²) in [6, 6.07) is 9.49. The normalized spacial score (nSPS) is 16.8. The third kappa shape index (κ3) is 9.61. The van der Waals surface area contributed by atoms with Crippen LogP contribution >= 0.6 is 0 Å². The molecule has 2 amide bonds. The zero-order chi connectivity index (χ0) is 26.4. The second-order valence-electron chi connectivity index (χ2n) is 9.91. The van der Waals surface area contributed by atoms with Crippen LogP contribution in [0, 0.1) is 11.8 Å². The third-order valence-corrected chi connectivity index (χ3v) is 6.75. The van der Waals surface area contributed by atoms with Crippen LogP contribution in [0.15, 0.2) is 55.6 Å². The predicted octanol–water partition coefficient (Wildman–Crippen LogP) is 3.86. The monoisotopic (exact) mass is 498 g/mol. The van der Waals surface area contributed by atoms with Gasteiger partial charge in [0, 0.05) is 12.5 Å². The van der Waals surface area contributed by atoms with Gasteiger partial charge < -0.3 is 20.5 Å². The Morgan fingerprint density at radius 1 is 1.11 bits per heavy atom. The van der Waals surface area contributed by atoms with E-state index in [9.17, 15) is 19.5 Å². The summed E-state index contributed by atoms with van der Waals surface area (Å²) in [6.07, 6.45) is 9.05. The van der Waals surface area contributed by atoms with Crippen molar-refractivity contribution in [3.8, 4) is 0 Å². The van der Waals surface area contributed by atoms with E-state index >= 15 is 0 Å². The zero-order valence-electron chi connectivity index (χ0n) is 21.5. The van der Waals surface area contributed by atoms with Crippen LogP contribution in [0.1, 0.15) is 63.9 Å². The Morgan fingerprint density at radius 2 is 1.81 bits per heavy atom. The molecule has 1 aliphatic carbocycles. The number of aliphatic hydroxyl groups is 1. The van der Waals surface area contributed by atoms with E-state index in [0.29, 0.717) is 25.7 Å². The second-order valence-corrected chi connectivity index (χ2v) is 9.91. The molecule has 0 radical (unpaired) electrons. The van der Waals surface area contributed by atoms with Crippen LogP contribution in [0.5, 0.6) is 0 Å². The molecule has 0 bridgehead atoms. The molecule has 0 aliphatic heterocycles. The molecule has 0 saturated heterocycles. The van der Waals surface area contributed by atoms with Crippen molar-refractivity contribution in [2.45, 2.75) is 76.3 Å². The van der Waals surface area contributed by atoms with E-state index in [1.807, 2.05) is 30.3 Å². The van der Waals surface area contributed by atoms with Gasteiger partial charge in [0.1, 0.15) is 6.61 Å². The van der Waals surface area contributed by atoms with Crippen molar-refractivity contribution in [3.63, 3.8) is 0 Å². The molecule has 3 N–H and O–H groups in total. The van der Waals surface area contributed by atoms with E-state index < -0.39 is 11.5 Å². The van der Waals surface area contributed by atoms with Crippen molar-refractivity contribution in [3.05, 3.63) is 61.2 Å². The van der Waals surface area contributed by atoms with Gasteiger partial charge in [-0.1, -0.05) is 55.3 Å². The number of esters is 1. The van der Waals surface area contributed by atoms with Gasteiger partial charge in [-0.25, -0.2) is 0 Å². The largest absolute Gasteiger partial charge is 0.463 e. The first-order valence-corrected chi connectivity index (χ1v) is 13.0. The number of rotatable bonds is 16. The van der Waals surface area contributed by atoms with Crippen LogP contribution in [0.25, 0.3) is 0 Å². The van der Waals surface area contributed by atoms with E-state index in [4.69, 9.17) is 4.74 Å². The molecule has 1 aromatic carbocycles. The molecule has 1 aromatic rings. The SMILES string of the molecule is C=CCCC(Cc1ccccc1)C(=O)OCC1(NC(=O)C(CC=C)CC(=O)NC(C)CO)CCCC1.